The average Bonchev–Trinajstić information content (AvgIpc) is 2.79. The molecule has 0 saturated carbocycles. The summed E-state index contributed by atoms with van der Waals surface area (Å²) in [7, 11) is 0. The third-order valence-electron chi connectivity index (χ3n) is 5.03. The number of rotatable bonds is 2. The summed E-state index contributed by atoms with van der Waals surface area (Å²) in [4.78, 5) is 0. The molecule has 0 amide bonds. The summed E-state index contributed by atoms with van der Waals surface area (Å²) in [6, 6.07) is 20.0. The average molecular weight is 424 g/mol. The lowest BCUT2D eigenvalue weighted by Crippen LogP contribution is -1.87. The Hall–Kier alpha value is -3.95. The van der Waals surface area contributed by atoms with Crippen LogP contribution in [0, 0.1) is 41.1 Å². The molecule has 0 aromatic heterocycles. The molecule has 0 aliphatic heterocycles. The normalized spacial score (nSPS) is 10.2. The van der Waals surface area contributed by atoms with Crippen LogP contribution < -0.4 is 0 Å². The number of benzene rings is 4. The zero-order valence-corrected chi connectivity index (χ0v) is 17.5. The molecule has 0 spiro atoms. The van der Waals surface area contributed by atoms with Crippen LogP contribution in [-0.4, -0.2) is 0 Å². The van der Waals surface area contributed by atoms with Gasteiger partial charge in [-0.1, -0.05) is 55.2 Å². The van der Waals surface area contributed by atoms with E-state index in [-0.39, 0.29) is 5.56 Å². The summed E-state index contributed by atoms with van der Waals surface area (Å²) in [6.07, 6.45) is 2.13. The van der Waals surface area contributed by atoms with Gasteiger partial charge in [-0.15, -0.1) is 0 Å². The van der Waals surface area contributed by atoms with Crippen LogP contribution in [0.5, 0.6) is 0 Å². The minimum atomic E-state index is -0.915. The van der Waals surface area contributed by atoms with Crippen molar-refractivity contribution in [3.8, 4) is 23.7 Å². The fourth-order valence-electron chi connectivity index (χ4n) is 3.34. The second-order valence-electron chi connectivity index (χ2n) is 7.47. The first kappa shape index (κ1) is 21.3. The van der Waals surface area contributed by atoms with Crippen LogP contribution in [-0.2, 0) is 6.42 Å². The molecule has 4 rings (SSSR count). The minimum Gasteiger partial charge on any atom is -0.206 e. The summed E-state index contributed by atoms with van der Waals surface area (Å²) in [5, 5.41) is 1.10. The third kappa shape index (κ3) is 5.02. The standard InChI is InChI=1S/C29H19F3/c1-2-3-20-4-6-21(7-5-20)8-9-23-11-14-24(27(30)17-23)13-10-22-12-15-25-18-28(31)29(32)19-26(25)16-22/h4-7,11-12,14-19H,2-3H2,1H3. The summed E-state index contributed by atoms with van der Waals surface area (Å²) in [5.41, 5.74) is 3.54. The quantitative estimate of drug-likeness (QED) is 0.304. The fraction of sp³-hybridized carbons (Fsp3) is 0.103. The highest BCUT2D eigenvalue weighted by atomic mass is 19.2. The Labute approximate surface area is 185 Å². The van der Waals surface area contributed by atoms with Gasteiger partial charge in [-0.25, -0.2) is 13.2 Å². The monoisotopic (exact) mass is 424 g/mol. The van der Waals surface area contributed by atoms with Gasteiger partial charge in [0.05, 0.1) is 5.56 Å². The van der Waals surface area contributed by atoms with E-state index in [0.717, 1.165) is 30.5 Å². The van der Waals surface area contributed by atoms with Crippen molar-refractivity contribution in [1.29, 1.82) is 0 Å². The maximum Gasteiger partial charge on any atom is 0.159 e. The van der Waals surface area contributed by atoms with Crippen molar-refractivity contribution in [2.45, 2.75) is 19.8 Å². The number of halogens is 3. The van der Waals surface area contributed by atoms with Crippen molar-refractivity contribution < 1.29 is 13.2 Å². The Bertz CT molecular complexity index is 1410. The summed E-state index contributed by atoms with van der Waals surface area (Å²) in [6.45, 7) is 2.14. The predicted octanol–water partition coefficient (Wildman–Crippen LogP) is 7.01. The fourth-order valence-corrected chi connectivity index (χ4v) is 3.34. The van der Waals surface area contributed by atoms with Crippen molar-refractivity contribution in [3.63, 3.8) is 0 Å². The number of fused-ring (bicyclic) bond motifs is 1. The molecule has 0 N–H and O–H groups in total. The molecule has 0 unspecified atom stereocenters. The molecule has 156 valence electrons. The molecule has 0 atom stereocenters. The lowest BCUT2D eigenvalue weighted by atomic mass is 10.1. The van der Waals surface area contributed by atoms with Crippen LogP contribution >= 0.6 is 0 Å². The van der Waals surface area contributed by atoms with Gasteiger partial charge in [0.15, 0.2) is 11.6 Å². The van der Waals surface area contributed by atoms with Gasteiger partial charge in [-0.2, -0.15) is 0 Å². The molecule has 0 nitrogen and oxygen atoms in total. The van der Waals surface area contributed by atoms with E-state index in [1.54, 1.807) is 30.3 Å². The van der Waals surface area contributed by atoms with Gasteiger partial charge in [0, 0.05) is 16.7 Å². The van der Waals surface area contributed by atoms with Crippen molar-refractivity contribution in [2.75, 3.05) is 0 Å². The van der Waals surface area contributed by atoms with Gasteiger partial charge in [0.25, 0.3) is 0 Å². The van der Waals surface area contributed by atoms with Crippen molar-refractivity contribution in [1.82, 2.24) is 0 Å². The van der Waals surface area contributed by atoms with E-state index in [2.05, 4.69) is 42.7 Å². The maximum atomic E-state index is 14.5. The van der Waals surface area contributed by atoms with E-state index in [4.69, 9.17) is 0 Å². The highest BCUT2D eigenvalue weighted by Gasteiger charge is 2.04. The largest absolute Gasteiger partial charge is 0.206 e. The summed E-state index contributed by atoms with van der Waals surface area (Å²) >= 11 is 0. The minimum absolute atomic E-state index is 0.241. The van der Waals surface area contributed by atoms with Crippen LogP contribution in [0.25, 0.3) is 10.8 Å². The molecule has 0 fully saturated rings. The molecule has 4 aromatic carbocycles. The van der Waals surface area contributed by atoms with Gasteiger partial charge < -0.3 is 0 Å². The van der Waals surface area contributed by atoms with Gasteiger partial charge in [0.2, 0.25) is 0 Å². The molecule has 0 aliphatic rings. The molecule has 0 aliphatic carbocycles. The Morgan fingerprint density at radius 2 is 1.16 bits per heavy atom. The van der Waals surface area contributed by atoms with E-state index in [9.17, 15) is 13.2 Å². The molecular weight excluding hydrogens is 405 g/mol. The van der Waals surface area contributed by atoms with Gasteiger partial charge in [0.1, 0.15) is 5.82 Å². The van der Waals surface area contributed by atoms with Crippen molar-refractivity contribution in [3.05, 3.63) is 118 Å². The van der Waals surface area contributed by atoms with Gasteiger partial charge >= 0.3 is 0 Å². The van der Waals surface area contributed by atoms with Gasteiger partial charge in [-0.3, -0.25) is 0 Å². The summed E-state index contributed by atoms with van der Waals surface area (Å²) < 4.78 is 41.3. The zero-order valence-electron chi connectivity index (χ0n) is 17.5. The third-order valence-corrected chi connectivity index (χ3v) is 5.03. The highest BCUT2D eigenvalue weighted by Crippen LogP contribution is 2.20. The first-order valence-electron chi connectivity index (χ1n) is 10.3. The topological polar surface area (TPSA) is 0 Å². The molecule has 0 radical (unpaired) electrons. The Morgan fingerprint density at radius 1 is 0.562 bits per heavy atom. The van der Waals surface area contributed by atoms with Gasteiger partial charge in [-0.05, 0) is 77.4 Å². The first-order chi connectivity index (χ1) is 15.5. The highest BCUT2D eigenvalue weighted by molar-refractivity contribution is 5.84. The molecule has 0 saturated heterocycles. The number of aryl methyl sites for hydroxylation is 1. The molecular formula is C29H19F3. The first-order valence-corrected chi connectivity index (χ1v) is 10.3. The van der Waals surface area contributed by atoms with E-state index < -0.39 is 17.5 Å². The number of hydrogen-bond donors (Lipinski definition) is 0. The lowest BCUT2D eigenvalue weighted by Gasteiger charge is -2.00. The SMILES string of the molecule is CCCc1ccc(C#Cc2ccc(C#Cc3ccc4cc(F)c(F)cc4c3)c(F)c2)cc1. The van der Waals surface area contributed by atoms with Crippen LogP contribution in [0.2, 0.25) is 0 Å². The van der Waals surface area contributed by atoms with Crippen LogP contribution in [0.3, 0.4) is 0 Å². The molecule has 4 aromatic rings. The lowest BCUT2D eigenvalue weighted by molar-refractivity contribution is 0.511. The second kappa shape index (κ2) is 9.46. The van der Waals surface area contributed by atoms with E-state index >= 15 is 0 Å². The summed E-state index contributed by atoms with van der Waals surface area (Å²) in [5.74, 6) is 9.44. The number of hydrogen-bond acceptors (Lipinski definition) is 0. The molecule has 0 heterocycles. The Morgan fingerprint density at radius 3 is 1.88 bits per heavy atom. The second-order valence-corrected chi connectivity index (χ2v) is 7.47. The molecule has 0 bridgehead atoms. The van der Waals surface area contributed by atoms with E-state index in [0.29, 0.717) is 21.9 Å². The van der Waals surface area contributed by atoms with E-state index in [1.165, 1.54) is 11.6 Å². The Kier molecular flexibility index (Phi) is 6.29. The molecule has 3 heteroatoms. The smallest absolute Gasteiger partial charge is 0.159 e. The zero-order chi connectivity index (χ0) is 22.5. The van der Waals surface area contributed by atoms with Crippen LogP contribution in [0.15, 0.2) is 72.8 Å². The Balaban J connectivity index is 1.53. The predicted molar refractivity (Wildman–Crippen MR) is 123 cm³/mol. The molecule has 32 heavy (non-hydrogen) atoms. The maximum absolute atomic E-state index is 14.5. The van der Waals surface area contributed by atoms with Crippen molar-refractivity contribution >= 4 is 10.8 Å². The van der Waals surface area contributed by atoms with Crippen molar-refractivity contribution in [2.24, 2.45) is 0 Å². The van der Waals surface area contributed by atoms with E-state index in [1.807, 2.05) is 12.1 Å². The van der Waals surface area contributed by atoms with Crippen LogP contribution in [0.4, 0.5) is 13.2 Å². The van der Waals surface area contributed by atoms with Crippen LogP contribution in [0.1, 0.15) is 41.2 Å².